The van der Waals surface area contributed by atoms with Crippen molar-refractivity contribution in [2.45, 2.75) is 6.92 Å². The van der Waals surface area contributed by atoms with Gasteiger partial charge in [-0.3, -0.25) is 4.79 Å². The lowest BCUT2D eigenvalue weighted by Gasteiger charge is -2.37. The number of aliphatic hydroxyl groups excluding tert-OH is 2. The summed E-state index contributed by atoms with van der Waals surface area (Å²) in [6, 6.07) is 0. The van der Waals surface area contributed by atoms with Gasteiger partial charge in [-0.15, -0.1) is 0 Å². The Kier molecular flexibility index (Phi) is 4.67. The quantitative estimate of drug-likeness (QED) is 0.629. The molecule has 16 heavy (non-hydrogen) atoms. The zero-order valence-corrected chi connectivity index (χ0v) is 9.85. The van der Waals surface area contributed by atoms with E-state index in [4.69, 9.17) is 15.1 Å². The summed E-state index contributed by atoms with van der Waals surface area (Å²) in [7, 11) is 1.60. The molecule has 2 N–H and O–H groups in total. The van der Waals surface area contributed by atoms with Gasteiger partial charge in [0, 0.05) is 26.2 Å². The fraction of sp³-hybridized carbons (Fsp3) is 0.900. The van der Waals surface area contributed by atoms with Gasteiger partial charge < -0.3 is 20.0 Å². The summed E-state index contributed by atoms with van der Waals surface area (Å²) < 4.78 is 0. The molecule has 0 saturated carbocycles. The van der Waals surface area contributed by atoms with Crippen molar-refractivity contribution < 1.29 is 19.8 Å². The Morgan fingerprint density at radius 3 is 2.12 bits per heavy atom. The Balaban J connectivity index is 2.56. The second-order valence-electron chi connectivity index (χ2n) is 4.28. The minimum absolute atomic E-state index is 0.201. The van der Waals surface area contributed by atoms with E-state index in [1.165, 1.54) is 0 Å². The van der Waals surface area contributed by atoms with Crippen LogP contribution in [0.4, 0.5) is 0 Å². The van der Waals surface area contributed by atoms with Crippen LogP contribution in [-0.4, -0.2) is 72.6 Å². The van der Waals surface area contributed by atoms with E-state index in [0.717, 1.165) is 0 Å². The topological polar surface area (TPSA) is 73.2 Å². The van der Waals surface area contributed by atoms with Crippen LogP contribution >= 0.6 is 0 Å². The highest BCUT2D eigenvalue weighted by molar-refractivity contribution is 5.82. The third kappa shape index (κ3) is 2.70. The van der Waals surface area contributed by atoms with Crippen LogP contribution in [0, 0.1) is 5.41 Å². The highest BCUT2D eigenvalue weighted by Crippen LogP contribution is 2.19. The largest absolute Gasteiger partial charge is 0.395 e. The van der Waals surface area contributed by atoms with Crippen molar-refractivity contribution in [1.82, 2.24) is 9.96 Å². The Morgan fingerprint density at radius 2 is 1.75 bits per heavy atom. The van der Waals surface area contributed by atoms with Gasteiger partial charge in [0.1, 0.15) is 0 Å². The van der Waals surface area contributed by atoms with Crippen LogP contribution in [0.25, 0.3) is 0 Å². The van der Waals surface area contributed by atoms with Crippen molar-refractivity contribution in [2.75, 3.05) is 46.5 Å². The zero-order chi connectivity index (χ0) is 12.2. The first-order chi connectivity index (χ1) is 7.57. The first-order valence-electron chi connectivity index (χ1n) is 5.37. The number of hydroxylamine groups is 2. The Morgan fingerprint density at radius 1 is 1.25 bits per heavy atom. The SMILES string of the molecule is CON1CCN(C(=O)C(C)(CO)CO)CC1. The van der Waals surface area contributed by atoms with Gasteiger partial charge in [0.25, 0.3) is 0 Å². The molecule has 1 aliphatic heterocycles. The molecule has 1 fully saturated rings. The third-order valence-electron chi connectivity index (χ3n) is 3.00. The Hall–Kier alpha value is -0.690. The average molecular weight is 232 g/mol. The van der Waals surface area contributed by atoms with Gasteiger partial charge in [-0.25, -0.2) is 0 Å². The van der Waals surface area contributed by atoms with Crippen molar-refractivity contribution in [3.05, 3.63) is 0 Å². The molecular weight excluding hydrogens is 212 g/mol. The fourth-order valence-corrected chi connectivity index (χ4v) is 1.64. The van der Waals surface area contributed by atoms with E-state index in [1.807, 2.05) is 0 Å². The van der Waals surface area contributed by atoms with Crippen LogP contribution in [0.2, 0.25) is 0 Å². The van der Waals surface area contributed by atoms with Gasteiger partial charge in [0.2, 0.25) is 5.91 Å². The molecule has 1 heterocycles. The van der Waals surface area contributed by atoms with Crippen LogP contribution in [0.15, 0.2) is 0 Å². The number of rotatable bonds is 4. The van der Waals surface area contributed by atoms with Crippen LogP contribution in [0.5, 0.6) is 0 Å². The summed E-state index contributed by atoms with van der Waals surface area (Å²) in [4.78, 5) is 18.7. The van der Waals surface area contributed by atoms with E-state index in [2.05, 4.69) is 0 Å². The van der Waals surface area contributed by atoms with Gasteiger partial charge in [-0.1, -0.05) is 0 Å². The molecule has 1 aliphatic rings. The van der Waals surface area contributed by atoms with Gasteiger partial charge in [-0.2, -0.15) is 5.06 Å². The number of carbonyl (C=O) groups excluding carboxylic acids is 1. The van der Waals surface area contributed by atoms with Gasteiger partial charge in [0.05, 0.1) is 25.7 Å². The number of carbonyl (C=O) groups is 1. The summed E-state index contributed by atoms with van der Waals surface area (Å²) in [5.41, 5.74) is -1.07. The highest BCUT2D eigenvalue weighted by Gasteiger charge is 2.36. The van der Waals surface area contributed by atoms with Gasteiger partial charge in [0.15, 0.2) is 0 Å². The molecule has 1 saturated heterocycles. The average Bonchev–Trinajstić information content (AvgIpc) is 2.37. The van der Waals surface area contributed by atoms with Crippen molar-refractivity contribution >= 4 is 5.91 Å². The molecule has 0 atom stereocenters. The number of piperazine rings is 1. The summed E-state index contributed by atoms with van der Waals surface area (Å²) in [5.74, 6) is -0.201. The smallest absolute Gasteiger partial charge is 0.233 e. The van der Waals surface area contributed by atoms with E-state index in [0.29, 0.717) is 26.2 Å². The number of aliphatic hydroxyl groups is 2. The second kappa shape index (κ2) is 5.58. The first-order valence-corrected chi connectivity index (χ1v) is 5.37. The summed E-state index contributed by atoms with van der Waals surface area (Å²) >= 11 is 0. The molecule has 6 heteroatoms. The standard InChI is InChI=1S/C10H20N2O4/c1-10(7-13,8-14)9(15)11-3-5-12(16-2)6-4-11/h13-14H,3-8H2,1-2H3. The van der Waals surface area contributed by atoms with Crippen molar-refractivity contribution in [1.29, 1.82) is 0 Å². The monoisotopic (exact) mass is 232 g/mol. The van der Waals surface area contributed by atoms with E-state index in [9.17, 15) is 4.79 Å². The van der Waals surface area contributed by atoms with E-state index in [1.54, 1.807) is 24.0 Å². The Bertz CT molecular complexity index is 235. The lowest BCUT2D eigenvalue weighted by molar-refractivity contribution is -0.169. The summed E-state index contributed by atoms with van der Waals surface area (Å²) in [5, 5.41) is 20.1. The Labute approximate surface area is 95.4 Å². The molecule has 94 valence electrons. The van der Waals surface area contributed by atoms with Crippen molar-refractivity contribution in [3.63, 3.8) is 0 Å². The summed E-state index contributed by atoms with van der Waals surface area (Å²) in [6.07, 6.45) is 0. The maximum absolute atomic E-state index is 12.0. The molecular formula is C10H20N2O4. The maximum Gasteiger partial charge on any atom is 0.233 e. The van der Waals surface area contributed by atoms with E-state index >= 15 is 0 Å². The lowest BCUT2D eigenvalue weighted by Crippen LogP contribution is -2.54. The van der Waals surface area contributed by atoms with Crippen LogP contribution in [0.1, 0.15) is 6.92 Å². The molecule has 0 aromatic heterocycles. The van der Waals surface area contributed by atoms with E-state index < -0.39 is 5.41 Å². The molecule has 0 aromatic rings. The van der Waals surface area contributed by atoms with Crippen LogP contribution in [0.3, 0.4) is 0 Å². The number of hydrogen-bond donors (Lipinski definition) is 2. The molecule has 1 amide bonds. The molecule has 0 aliphatic carbocycles. The van der Waals surface area contributed by atoms with Crippen molar-refractivity contribution in [3.8, 4) is 0 Å². The predicted molar refractivity (Wildman–Crippen MR) is 57.4 cm³/mol. The minimum atomic E-state index is -1.07. The zero-order valence-electron chi connectivity index (χ0n) is 9.85. The van der Waals surface area contributed by atoms with Crippen molar-refractivity contribution in [2.24, 2.45) is 5.41 Å². The maximum atomic E-state index is 12.0. The molecule has 0 bridgehead atoms. The highest BCUT2D eigenvalue weighted by atomic mass is 16.7. The predicted octanol–water partition coefficient (Wildman–Crippen LogP) is -1.32. The third-order valence-corrected chi connectivity index (χ3v) is 3.00. The first kappa shape index (κ1) is 13.4. The van der Waals surface area contributed by atoms with Crippen LogP contribution in [-0.2, 0) is 9.63 Å². The number of nitrogens with zero attached hydrogens (tertiary/aromatic N) is 2. The lowest BCUT2D eigenvalue weighted by atomic mass is 9.91. The van der Waals surface area contributed by atoms with Gasteiger partial charge >= 0.3 is 0 Å². The molecule has 0 aromatic carbocycles. The van der Waals surface area contributed by atoms with Crippen LogP contribution < -0.4 is 0 Å². The number of amides is 1. The second-order valence-corrected chi connectivity index (χ2v) is 4.28. The molecule has 6 nitrogen and oxygen atoms in total. The minimum Gasteiger partial charge on any atom is -0.395 e. The van der Waals surface area contributed by atoms with E-state index in [-0.39, 0.29) is 19.1 Å². The fourth-order valence-electron chi connectivity index (χ4n) is 1.64. The normalized spacial score (nSPS) is 18.9. The molecule has 1 rings (SSSR count). The molecule has 0 spiro atoms. The number of hydrogen-bond acceptors (Lipinski definition) is 5. The summed E-state index contributed by atoms with van der Waals surface area (Å²) in [6.45, 7) is 3.30. The molecule has 0 unspecified atom stereocenters. The van der Waals surface area contributed by atoms with Gasteiger partial charge in [-0.05, 0) is 6.92 Å². The molecule has 0 radical (unpaired) electrons.